The van der Waals surface area contributed by atoms with Crippen LogP contribution in [-0.4, -0.2) is 10.2 Å². The first-order chi connectivity index (χ1) is 10.3. The zero-order valence-corrected chi connectivity index (χ0v) is 13.3. The number of nitrogens with zero attached hydrogens (tertiary/aromatic N) is 2. The van der Waals surface area contributed by atoms with Crippen LogP contribution in [0.25, 0.3) is 19.3 Å². The summed E-state index contributed by atoms with van der Waals surface area (Å²) in [4.78, 5) is 1.17. The van der Waals surface area contributed by atoms with Gasteiger partial charge in [-0.05, 0) is 23.1 Å². The van der Waals surface area contributed by atoms with Gasteiger partial charge in [0.15, 0.2) is 5.01 Å². The maximum absolute atomic E-state index is 6.28. The fraction of sp³-hybridized carbons (Fsp3) is 0.0667. The Morgan fingerprint density at radius 1 is 0.952 bits per heavy atom. The topological polar surface area (TPSA) is 51.8 Å². The van der Waals surface area contributed by atoms with E-state index in [9.17, 15) is 0 Å². The lowest BCUT2D eigenvalue weighted by molar-refractivity contribution is 0.831. The lowest BCUT2D eigenvalue weighted by Crippen LogP contribution is -2.11. The van der Waals surface area contributed by atoms with Gasteiger partial charge in [0.05, 0.1) is 10.9 Å². The Labute approximate surface area is 133 Å². The fourth-order valence-corrected chi connectivity index (χ4v) is 5.16. The third-order valence-electron chi connectivity index (χ3n) is 3.22. The monoisotopic (exact) mass is 329 g/mol. The quantitative estimate of drug-likeness (QED) is 0.601. The van der Waals surface area contributed by atoms with Crippen LogP contribution in [0.1, 0.15) is 16.6 Å². The third-order valence-corrected chi connectivity index (χ3v) is 6.48. The van der Waals surface area contributed by atoms with Crippen molar-refractivity contribution in [2.75, 3.05) is 0 Å². The fourth-order valence-electron chi connectivity index (χ4n) is 2.13. The van der Waals surface area contributed by atoms with Gasteiger partial charge in [0.2, 0.25) is 0 Å². The highest BCUT2D eigenvalue weighted by Crippen LogP contribution is 2.38. The Morgan fingerprint density at radius 3 is 2.62 bits per heavy atom. The van der Waals surface area contributed by atoms with Gasteiger partial charge in [-0.2, -0.15) is 0 Å². The maximum Gasteiger partial charge on any atom is 0.157 e. The molecule has 3 nitrogen and oxygen atoms in total. The standard InChI is InChI=1S/C15H11N3S3/c16-13(9-4-2-1-3-5-9)15-18-17-14(21-15)12-8-11-10(20-12)6-7-19-11/h1-8,13H,16H2. The van der Waals surface area contributed by atoms with Gasteiger partial charge in [0, 0.05) is 9.40 Å². The van der Waals surface area contributed by atoms with Crippen LogP contribution in [0.3, 0.4) is 0 Å². The summed E-state index contributed by atoms with van der Waals surface area (Å²) in [6, 6.07) is 14.1. The minimum absolute atomic E-state index is 0.210. The highest BCUT2D eigenvalue weighted by atomic mass is 32.1. The molecule has 0 aliphatic heterocycles. The number of rotatable bonds is 3. The van der Waals surface area contributed by atoms with E-state index in [1.165, 1.54) is 14.3 Å². The molecule has 0 aliphatic carbocycles. The van der Waals surface area contributed by atoms with Gasteiger partial charge >= 0.3 is 0 Å². The van der Waals surface area contributed by atoms with Gasteiger partial charge in [-0.1, -0.05) is 41.7 Å². The lowest BCUT2D eigenvalue weighted by Gasteiger charge is -2.06. The molecule has 1 unspecified atom stereocenters. The molecule has 4 rings (SSSR count). The molecule has 0 aliphatic rings. The van der Waals surface area contributed by atoms with Crippen molar-refractivity contribution in [3.8, 4) is 9.88 Å². The summed E-state index contributed by atoms with van der Waals surface area (Å²) >= 11 is 5.09. The van der Waals surface area contributed by atoms with Crippen molar-refractivity contribution in [1.29, 1.82) is 0 Å². The van der Waals surface area contributed by atoms with Crippen molar-refractivity contribution in [3.63, 3.8) is 0 Å². The van der Waals surface area contributed by atoms with E-state index >= 15 is 0 Å². The van der Waals surface area contributed by atoms with E-state index in [-0.39, 0.29) is 6.04 Å². The minimum atomic E-state index is -0.210. The van der Waals surface area contributed by atoms with Crippen molar-refractivity contribution in [3.05, 3.63) is 58.4 Å². The number of aromatic nitrogens is 2. The molecule has 0 radical (unpaired) electrons. The van der Waals surface area contributed by atoms with Crippen LogP contribution in [0, 0.1) is 0 Å². The van der Waals surface area contributed by atoms with Crippen molar-refractivity contribution >= 4 is 43.4 Å². The first kappa shape index (κ1) is 13.1. The van der Waals surface area contributed by atoms with E-state index in [2.05, 4.69) is 27.7 Å². The molecule has 104 valence electrons. The Hall–Kier alpha value is -1.60. The first-order valence-electron chi connectivity index (χ1n) is 6.42. The number of fused-ring (bicyclic) bond motifs is 1. The molecule has 1 aromatic carbocycles. The molecule has 0 spiro atoms. The summed E-state index contributed by atoms with van der Waals surface area (Å²) in [5.41, 5.74) is 7.34. The van der Waals surface area contributed by atoms with E-state index in [4.69, 9.17) is 5.73 Å². The normalized spacial score (nSPS) is 12.8. The molecule has 0 fully saturated rings. The van der Waals surface area contributed by atoms with Crippen LogP contribution < -0.4 is 5.73 Å². The Morgan fingerprint density at radius 2 is 1.81 bits per heavy atom. The first-order valence-corrected chi connectivity index (χ1v) is 8.94. The molecule has 0 bridgehead atoms. The Balaban J connectivity index is 1.68. The van der Waals surface area contributed by atoms with Crippen LogP contribution in [0.5, 0.6) is 0 Å². The molecule has 0 saturated carbocycles. The molecular weight excluding hydrogens is 318 g/mol. The van der Waals surface area contributed by atoms with Crippen LogP contribution >= 0.6 is 34.0 Å². The molecule has 4 aromatic rings. The summed E-state index contributed by atoms with van der Waals surface area (Å²) < 4.78 is 2.61. The predicted octanol–water partition coefficient (Wildman–Crippen LogP) is 4.53. The largest absolute Gasteiger partial charge is 0.318 e. The summed E-state index contributed by atoms with van der Waals surface area (Å²) in [7, 11) is 0. The van der Waals surface area contributed by atoms with Crippen molar-refractivity contribution in [1.82, 2.24) is 10.2 Å². The second-order valence-corrected chi connectivity index (χ2v) is 7.63. The molecule has 21 heavy (non-hydrogen) atoms. The van der Waals surface area contributed by atoms with E-state index in [1.807, 2.05) is 30.3 Å². The highest BCUT2D eigenvalue weighted by molar-refractivity contribution is 7.30. The molecule has 3 heterocycles. The van der Waals surface area contributed by atoms with Crippen molar-refractivity contribution in [2.45, 2.75) is 6.04 Å². The average Bonchev–Trinajstić information content (AvgIpc) is 3.22. The molecule has 3 aromatic heterocycles. The molecular formula is C15H11N3S3. The number of nitrogens with two attached hydrogens (primary N) is 1. The predicted molar refractivity (Wildman–Crippen MR) is 91.1 cm³/mol. The number of benzene rings is 1. The molecule has 0 amide bonds. The highest BCUT2D eigenvalue weighted by Gasteiger charge is 2.16. The molecule has 6 heteroatoms. The Kier molecular flexibility index (Phi) is 3.31. The zero-order chi connectivity index (χ0) is 14.2. The number of thiophene rings is 2. The maximum atomic E-state index is 6.28. The van der Waals surface area contributed by atoms with E-state index < -0.39 is 0 Å². The summed E-state index contributed by atoms with van der Waals surface area (Å²) in [5, 5.41) is 12.5. The summed E-state index contributed by atoms with van der Waals surface area (Å²) in [6.07, 6.45) is 0. The van der Waals surface area contributed by atoms with Crippen LogP contribution in [-0.2, 0) is 0 Å². The average molecular weight is 329 g/mol. The molecule has 2 N–H and O–H groups in total. The van der Waals surface area contributed by atoms with Gasteiger partial charge < -0.3 is 5.73 Å². The van der Waals surface area contributed by atoms with Gasteiger partial charge in [-0.3, -0.25) is 0 Å². The van der Waals surface area contributed by atoms with Crippen LogP contribution in [0.2, 0.25) is 0 Å². The smallest absolute Gasteiger partial charge is 0.157 e. The second kappa shape index (κ2) is 5.31. The minimum Gasteiger partial charge on any atom is -0.318 e. The van der Waals surface area contributed by atoms with Crippen molar-refractivity contribution in [2.24, 2.45) is 5.73 Å². The molecule has 1 atom stereocenters. The van der Waals surface area contributed by atoms with Crippen LogP contribution in [0.15, 0.2) is 47.8 Å². The van der Waals surface area contributed by atoms with Gasteiger partial charge in [0.25, 0.3) is 0 Å². The number of hydrogen-bond acceptors (Lipinski definition) is 6. The summed E-state index contributed by atoms with van der Waals surface area (Å²) in [5.74, 6) is 0. The van der Waals surface area contributed by atoms with Gasteiger partial charge in [-0.15, -0.1) is 32.9 Å². The number of hydrogen-bond donors (Lipinski definition) is 1. The van der Waals surface area contributed by atoms with Gasteiger partial charge in [-0.25, -0.2) is 0 Å². The zero-order valence-electron chi connectivity index (χ0n) is 10.9. The van der Waals surface area contributed by atoms with Gasteiger partial charge in [0.1, 0.15) is 5.01 Å². The Bertz CT molecular complexity index is 847. The SMILES string of the molecule is NC(c1ccccc1)c1nnc(-c2cc3sccc3s2)s1. The van der Waals surface area contributed by atoms with Crippen LogP contribution in [0.4, 0.5) is 0 Å². The third kappa shape index (κ3) is 2.40. The lowest BCUT2D eigenvalue weighted by atomic mass is 10.1. The second-order valence-electron chi connectivity index (χ2n) is 4.59. The van der Waals surface area contributed by atoms with Crippen molar-refractivity contribution < 1.29 is 0 Å². The van der Waals surface area contributed by atoms with E-state index in [0.717, 1.165) is 15.6 Å². The van der Waals surface area contributed by atoms with E-state index in [0.29, 0.717) is 0 Å². The molecule has 0 saturated heterocycles. The van der Waals surface area contributed by atoms with E-state index in [1.54, 1.807) is 34.0 Å². The summed E-state index contributed by atoms with van der Waals surface area (Å²) in [6.45, 7) is 0.